The van der Waals surface area contributed by atoms with E-state index < -0.39 is 11.7 Å². The number of halogens is 3. The highest BCUT2D eigenvalue weighted by Gasteiger charge is 2.31. The first-order chi connectivity index (χ1) is 13.8. The molecule has 1 aromatic heterocycles. The largest absolute Gasteiger partial charge is 0.485 e. The van der Waals surface area contributed by atoms with Crippen molar-refractivity contribution >= 4 is 21.8 Å². The summed E-state index contributed by atoms with van der Waals surface area (Å²) in [6.45, 7) is 4.95. The molecule has 150 valence electrons. The fourth-order valence-electron chi connectivity index (χ4n) is 3.50. The van der Waals surface area contributed by atoms with Crippen molar-refractivity contribution < 1.29 is 17.9 Å². The Morgan fingerprint density at radius 1 is 1.00 bits per heavy atom. The molecule has 3 aromatic carbocycles. The second kappa shape index (κ2) is 7.43. The third-order valence-electron chi connectivity index (χ3n) is 4.81. The average Bonchev–Trinajstić information content (AvgIpc) is 3.02. The lowest BCUT2D eigenvalue weighted by Crippen LogP contribution is -2.11. The maximum absolute atomic E-state index is 13.1. The summed E-state index contributed by atoms with van der Waals surface area (Å²) in [5, 5.41) is 2.05. The van der Waals surface area contributed by atoms with Crippen LogP contribution in [0.4, 0.5) is 13.2 Å². The highest BCUT2D eigenvalue weighted by atomic mass is 19.4. The zero-order valence-electron chi connectivity index (χ0n) is 16.2. The van der Waals surface area contributed by atoms with Gasteiger partial charge in [0.15, 0.2) is 0 Å². The zero-order chi connectivity index (χ0) is 20.6. The van der Waals surface area contributed by atoms with Crippen LogP contribution in [0.25, 0.3) is 21.8 Å². The van der Waals surface area contributed by atoms with Gasteiger partial charge in [-0.15, -0.1) is 0 Å². The first-order valence-corrected chi connectivity index (χ1v) is 9.50. The molecule has 0 aliphatic carbocycles. The Balaban J connectivity index is 1.71. The van der Waals surface area contributed by atoms with Gasteiger partial charge in [0.05, 0.1) is 16.6 Å². The van der Waals surface area contributed by atoms with Crippen LogP contribution in [0.3, 0.4) is 0 Å². The van der Waals surface area contributed by atoms with Crippen LogP contribution >= 0.6 is 0 Å². The normalized spacial score (nSPS) is 12.2. The Labute approximate surface area is 166 Å². The van der Waals surface area contributed by atoms with Crippen molar-refractivity contribution in [1.82, 2.24) is 9.55 Å². The molecule has 0 amide bonds. The maximum Gasteiger partial charge on any atom is 0.416 e. The van der Waals surface area contributed by atoms with E-state index in [2.05, 4.69) is 18.8 Å². The molecule has 0 aliphatic heterocycles. The standard InChI is InChI=1S/C23H21F3N2O/c1-15(2)13-28-20-11-10-17(23(24,25)26)12-19(20)27-22(28)14-29-21-9-5-7-16-6-3-4-8-18(16)21/h3-12,15H,13-14H2,1-2H3. The molecule has 4 aromatic rings. The number of ether oxygens (including phenoxy) is 1. The average molecular weight is 398 g/mol. The molecular weight excluding hydrogens is 377 g/mol. The minimum Gasteiger partial charge on any atom is -0.485 e. The third kappa shape index (κ3) is 3.92. The van der Waals surface area contributed by atoms with Crippen molar-refractivity contribution in [2.24, 2.45) is 5.92 Å². The summed E-state index contributed by atoms with van der Waals surface area (Å²) in [6, 6.07) is 17.4. The summed E-state index contributed by atoms with van der Waals surface area (Å²) in [6.07, 6.45) is -4.39. The molecule has 0 radical (unpaired) electrons. The van der Waals surface area contributed by atoms with Gasteiger partial charge in [-0.2, -0.15) is 13.2 Å². The van der Waals surface area contributed by atoms with E-state index in [4.69, 9.17) is 4.74 Å². The lowest BCUT2D eigenvalue weighted by atomic mass is 10.1. The van der Waals surface area contributed by atoms with Crippen LogP contribution in [-0.4, -0.2) is 9.55 Å². The van der Waals surface area contributed by atoms with Crippen LogP contribution in [0.2, 0.25) is 0 Å². The van der Waals surface area contributed by atoms with Crippen LogP contribution in [0.1, 0.15) is 25.2 Å². The predicted octanol–water partition coefficient (Wildman–Crippen LogP) is 6.44. The van der Waals surface area contributed by atoms with Gasteiger partial charge in [0, 0.05) is 11.9 Å². The second-order valence-corrected chi connectivity index (χ2v) is 7.50. The van der Waals surface area contributed by atoms with Crippen molar-refractivity contribution in [2.75, 3.05) is 0 Å². The van der Waals surface area contributed by atoms with Crippen molar-refractivity contribution in [3.8, 4) is 5.75 Å². The van der Waals surface area contributed by atoms with Gasteiger partial charge in [0.2, 0.25) is 0 Å². The molecule has 0 spiro atoms. The van der Waals surface area contributed by atoms with Crippen molar-refractivity contribution in [3.05, 3.63) is 72.1 Å². The minimum atomic E-state index is -4.39. The number of hydrogen-bond acceptors (Lipinski definition) is 2. The molecule has 0 atom stereocenters. The van der Waals surface area contributed by atoms with E-state index in [0.29, 0.717) is 29.3 Å². The van der Waals surface area contributed by atoms with Gasteiger partial charge in [0.25, 0.3) is 0 Å². The lowest BCUT2D eigenvalue weighted by molar-refractivity contribution is -0.137. The summed E-state index contributed by atoms with van der Waals surface area (Å²) in [5.74, 6) is 1.65. The Bertz CT molecular complexity index is 1160. The van der Waals surface area contributed by atoms with E-state index in [1.807, 2.05) is 47.0 Å². The van der Waals surface area contributed by atoms with Gasteiger partial charge in [-0.25, -0.2) is 4.98 Å². The monoisotopic (exact) mass is 398 g/mol. The first-order valence-electron chi connectivity index (χ1n) is 9.50. The number of benzene rings is 3. The molecule has 0 fully saturated rings. The van der Waals surface area contributed by atoms with Crippen LogP contribution in [0, 0.1) is 5.92 Å². The number of imidazole rings is 1. The molecule has 0 bridgehead atoms. The molecule has 1 heterocycles. The molecule has 0 unspecified atom stereocenters. The van der Waals surface area contributed by atoms with E-state index in [9.17, 15) is 13.2 Å². The highest BCUT2D eigenvalue weighted by molar-refractivity contribution is 5.88. The van der Waals surface area contributed by atoms with Gasteiger partial charge in [-0.05, 0) is 35.6 Å². The predicted molar refractivity (Wildman–Crippen MR) is 108 cm³/mol. The quantitative estimate of drug-likeness (QED) is 0.387. The van der Waals surface area contributed by atoms with Crippen LogP contribution in [0.5, 0.6) is 5.75 Å². The maximum atomic E-state index is 13.1. The molecule has 0 aliphatic rings. The summed E-state index contributed by atoms with van der Waals surface area (Å²) in [7, 11) is 0. The van der Waals surface area contributed by atoms with Crippen LogP contribution in [-0.2, 0) is 19.3 Å². The van der Waals surface area contributed by atoms with E-state index in [-0.39, 0.29) is 6.61 Å². The Kier molecular flexibility index (Phi) is 4.94. The van der Waals surface area contributed by atoms with Gasteiger partial charge in [0.1, 0.15) is 18.2 Å². The molecule has 0 saturated carbocycles. The number of hydrogen-bond donors (Lipinski definition) is 0. The smallest absolute Gasteiger partial charge is 0.416 e. The molecule has 29 heavy (non-hydrogen) atoms. The SMILES string of the molecule is CC(C)Cn1c(COc2cccc3ccccc23)nc2cc(C(F)(F)F)ccc21. The van der Waals surface area contributed by atoms with Gasteiger partial charge in [-0.3, -0.25) is 0 Å². The number of rotatable bonds is 5. The first kappa shape index (κ1) is 19.3. The van der Waals surface area contributed by atoms with Crippen molar-refractivity contribution in [1.29, 1.82) is 0 Å². The summed E-state index contributed by atoms with van der Waals surface area (Å²) in [5.41, 5.74) is 0.320. The molecule has 3 nitrogen and oxygen atoms in total. The molecule has 0 N–H and O–H groups in total. The van der Waals surface area contributed by atoms with Crippen molar-refractivity contribution in [2.45, 2.75) is 33.2 Å². The van der Waals surface area contributed by atoms with E-state index >= 15 is 0 Å². The highest BCUT2D eigenvalue weighted by Crippen LogP contribution is 2.32. The van der Waals surface area contributed by atoms with E-state index in [1.54, 1.807) is 0 Å². The fourth-order valence-corrected chi connectivity index (χ4v) is 3.50. The third-order valence-corrected chi connectivity index (χ3v) is 4.81. The van der Waals surface area contributed by atoms with Crippen LogP contribution in [0.15, 0.2) is 60.7 Å². The van der Waals surface area contributed by atoms with Crippen molar-refractivity contribution in [3.63, 3.8) is 0 Å². The van der Waals surface area contributed by atoms with E-state index in [1.165, 1.54) is 6.07 Å². The lowest BCUT2D eigenvalue weighted by Gasteiger charge is -2.13. The molecule has 4 rings (SSSR count). The number of fused-ring (bicyclic) bond motifs is 2. The summed E-state index contributed by atoms with van der Waals surface area (Å²) < 4.78 is 47.3. The minimum absolute atomic E-state index is 0.177. The Hall–Kier alpha value is -3.02. The topological polar surface area (TPSA) is 27.1 Å². The second-order valence-electron chi connectivity index (χ2n) is 7.50. The summed E-state index contributed by atoms with van der Waals surface area (Å²) >= 11 is 0. The molecule has 6 heteroatoms. The number of aromatic nitrogens is 2. The summed E-state index contributed by atoms with van der Waals surface area (Å²) in [4.78, 5) is 4.47. The molecule has 0 saturated heterocycles. The van der Waals surface area contributed by atoms with Gasteiger partial charge in [-0.1, -0.05) is 50.2 Å². The Morgan fingerprint density at radius 2 is 1.76 bits per heavy atom. The number of alkyl halides is 3. The Morgan fingerprint density at radius 3 is 2.52 bits per heavy atom. The van der Waals surface area contributed by atoms with Gasteiger partial charge >= 0.3 is 6.18 Å². The molecular formula is C23H21F3N2O. The van der Waals surface area contributed by atoms with E-state index in [0.717, 1.165) is 28.7 Å². The van der Waals surface area contributed by atoms with Gasteiger partial charge < -0.3 is 9.30 Å². The fraction of sp³-hybridized carbons (Fsp3) is 0.261. The zero-order valence-corrected chi connectivity index (χ0v) is 16.2. The van der Waals surface area contributed by atoms with Crippen LogP contribution < -0.4 is 4.74 Å². The number of nitrogens with zero attached hydrogens (tertiary/aromatic N) is 2.